The van der Waals surface area contributed by atoms with Crippen molar-refractivity contribution >= 4 is 11.6 Å². The monoisotopic (exact) mass is 264 g/mol. The third-order valence-electron chi connectivity index (χ3n) is 2.46. The van der Waals surface area contributed by atoms with Crippen molar-refractivity contribution in [3.05, 3.63) is 34.4 Å². The first-order valence-electron chi connectivity index (χ1n) is 5.19. The average molecular weight is 265 g/mol. The number of rotatable bonds is 6. The van der Waals surface area contributed by atoms with Gasteiger partial charge < -0.3 is 4.74 Å². The third-order valence-corrected chi connectivity index (χ3v) is 2.75. The molecule has 0 aromatic heterocycles. The number of nitrogens with one attached hydrogen (secondary N) is 1. The molecule has 0 bridgehead atoms. The van der Waals surface area contributed by atoms with Crippen molar-refractivity contribution in [1.29, 1.82) is 0 Å². The molecule has 0 aliphatic heterocycles. The van der Waals surface area contributed by atoms with Crippen LogP contribution in [0.4, 0.5) is 8.78 Å². The zero-order valence-electron chi connectivity index (χ0n) is 9.47. The molecule has 1 atom stereocenters. The second kappa shape index (κ2) is 6.86. The van der Waals surface area contributed by atoms with Crippen molar-refractivity contribution in [2.75, 3.05) is 13.7 Å². The Kier molecular flexibility index (Phi) is 5.77. The lowest BCUT2D eigenvalue weighted by Gasteiger charge is -2.17. The molecular weight excluding hydrogens is 250 g/mol. The van der Waals surface area contributed by atoms with Crippen molar-refractivity contribution in [2.45, 2.75) is 18.9 Å². The Bertz CT molecular complexity index is 377. The summed E-state index contributed by atoms with van der Waals surface area (Å²) in [4.78, 5) is 0. The standard InChI is InChI=1S/C11H15ClF2N2O/c1-17-4-2-3-11(16-15)7-5-10(14)8(12)6-9(7)13/h5-6,11,16H,2-4,15H2,1H3. The number of ether oxygens (including phenoxy) is 1. The van der Waals surface area contributed by atoms with E-state index >= 15 is 0 Å². The van der Waals surface area contributed by atoms with Gasteiger partial charge in [0.15, 0.2) is 0 Å². The second-order valence-corrected chi connectivity index (χ2v) is 4.05. The van der Waals surface area contributed by atoms with E-state index in [4.69, 9.17) is 22.2 Å². The zero-order valence-corrected chi connectivity index (χ0v) is 10.2. The van der Waals surface area contributed by atoms with Crippen LogP contribution in [-0.4, -0.2) is 13.7 Å². The fraction of sp³-hybridized carbons (Fsp3) is 0.455. The van der Waals surface area contributed by atoms with Crippen molar-refractivity contribution in [3.8, 4) is 0 Å². The quantitative estimate of drug-likeness (QED) is 0.359. The van der Waals surface area contributed by atoms with Crippen molar-refractivity contribution in [2.24, 2.45) is 5.84 Å². The number of halogens is 3. The van der Waals surface area contributed by atoms with Crippen LogP contribution < -0.4 is 11.3 Å². The van der Waals surface area contributed by atoms with Crippen LogP contribution in [0.25, 0.3) is 0 Å². The summed E-state index contributed by atoms with van der Waals surface area (Å²) in [7, 11) is 1.58. The smallest absolute Gasteiger partial charge is 0.142 e. The highest BCUT2D eigenvalue weighted by atomic mass is 35.5. The zero-order chi connectivity index (χ0) is 12.8. The lowest BCUT2D eigenvalue weighted by molar-refractivity contribution is 0.188. The predicted octanol–water partition coefficient (Wildman–Crippen LogP) is 2.55. The maximum Gasteiger partial charge on any atom is 0.142 e. The van der Waals surface area contributed by atoms with Crippen LogP contribution in [-0.2, 0) is 4.74 Å². The fourth-order valence-corrected chi connectivity index (χ4v) is 1.72. The Balaban J connectivity index is 2.84. The summed E-state index contributed by atoms with van der Waals surface area (Å²) in [5, 5.41) is -0.237. The number of hydrogen-bond acceptors (Lipinski definition) is 3. The molecule has 96 valence electrons. The van der Waals surface area contributed by atoms with Gasteiger partial charge in [0.1, 0.15) is 11.6 Å². The Morgan fingerprint density at radius 1 is 1.41 bits per heavy atom. The van der Waals surface area contributed by atoms with Gasteiger partial charge in [0.25, 0.3) is 0 Å². The van der Waals surface area contributed by atoms with Crippen LogP contribution in [0.3, 0.4) is 0 Å². The first-order valence-corrected chi connectivity index (χ1v) is 5.57. The third kappa shape index (κ3) is 3.89. The van der Waals surface area contributed by atoms with E-state index in [2.05, 4.69) is 5.43 Å². The van der Waals surface area contributed by atoms with Crippen molar-refractivity contribution in [3.63, 3.8) is 0 Å². The lowest BCUT2D eigenvalue weighted by atomic mass is 10.0. The maximum absolute atomic E-state index is 13.6. The Morgan fingerprint density at radius 2 is 2.12 bits per heavy atom. The van der Waals surface area contributed by atoms with Gasteiger partial charge in [-0.15, -0.1) is 0 Å². The molecule has 0 fully saturated rings. The molecule has 3 nitrogen and oxygen atoms in total. The molecule has 17 heavy (non-hydrogen) atoms. The van der Waals surface area contributed by atoms with Gasteiger partial charge in [-0.3, -0.25) is 11.3 Å². The number of benzene rings is 1. The number of hydrazine groups is 1. The molecule has 1 rings (SSSR count). The van der Waals surface area contributed by atoms with Gasteiger partial charge >= 0.3 is 0 Å². The first-order chi connectivity index (χ1) is 8.10. The van der Waals surface area contributed by atoms with Gasteiger partial charge in [0.05, 0.1) is 5.02 Å². The molecule has 0 spiro atoms. The lowest BCUT2D eigenvalue weighted by Crippen LogP contribution is -2.29. The predicted molar refractivity (Wildman–Crippen MR) is 62.5 cm³/mol. The van der Waals surface area contributed by atoms with Gasteiger partial charge in [0.2, 0.25) is 0 Å². The van der Waals surface area contributed by atoms with Crippen molar-refractivity contribution < 1.29 is 13.5 Å². The fourth-order valence-electron chi connectivity index (χ4n) is 1.57. The molecule has 3 N–H and O–H groups in total. The highest BCUT2D eigenvalue weighted by molar-refractivity contribution is 6.30. The Morgan fingerprint density at radius 3 is 2.71 bits per heavy atom. The Hall–Kier alpha value is -0.750. The molecule has 0 radical (unpaired) electrons. The summed E-state index contributed by atoms with van der Waals surface area (Å²) in [5.74, 6) is 4.10. The van der Waals surface area contributed by atoms with Gasteiger partial charge in [-0.05, 0) is 25.0 Å². The topological polar surface area (TPSA) is 47.3 Å². The molecule has 6 heteroatoms. The molecule has 0 heterocycles. The molecule has 1 aromatic carbocycles. The minimum Gasteiger partial charge on any atom is -0.385 e. The van der Waals surface area contributed by atoms with E-state index in [9.17, 15) is 8.78 Å². The van der Waals surface area contributed by atoms with Crippen LogP contribution in [0.15, 0.2) is 12.1 Å². The van der Waals surface area contributed by atoms with E-state index < -0.39 is 17.7 Å². The highest BCUT2D eigenvalue weighted by Crippen LogP contribution is 2.26. The van der Waals surface area contributed by atoms with E-state index in [1.165, 1.54) is 0 Å². The first kappa shape index (κ1) is 14.3. The molecule has 0 saturated carbocycles. The van der Waals surface area contributed by atoms with E-state index in [-0.39, 0.29) is 10.6 Å². The van der Waals surface area contributed by atoms with Gasteiger partial charge in [-0.25, -0.2) is 8.78 Å². The van der Waals surface area contributed by atoms with Gasteiger partial charge in [0, 0.05) is 25.3 Å². The van der Waals surface area contributed by atoms with Gasteiger partial charge in [-0.1, -0.05) is 11.6 Å². The van der Waals surface area contributed by atoms with E-state index in [1.54, 1.807) is 7.11 Å². The molecular formula is C11H15ClF2N2O. The number of methoxy groups -OCH3 is 1. The summed E-state index contributed by atoms with van der Waals surface area (Å²) in [6.07, 6.45) is 1.23. The largest absolute Gasteiger partial charge is 0.385 e. The minimum absolute atomic E-state index is 0.172. The maximum atomic E-state index is 13.6. The molecule has 1 aromatic rings. The minimum atomic E-state index is -0.657. The average Bonchev–Trinajstić information content (AvgIpc) is 2.30. The normalized spacial score (nSPS) is 12.8. The molecule has 0 aliphatic carbocycles. The van der Waals surface area contributed by atoms with Crippen LogP contribution in [0.5, 0.6) is 0 Å². The molecule has 1 unspecified atom stereocenters. The van der Waals surface area contributed by atoms with Crippen LogP contribution in [0.2, 0.25) is 5.02 Å². The van der Waals surface area contributed by atoms with Gasteiger partial charge in [-0.2, -0.15) is 0 Å². The van der Waals surface area contributed by atoms with E-state index in [0.717, 1.165) is 12.1 Å². The molecule has 0 amide bonds. The number of hydrogen-bond donors (Lipinski definition) is 2. The molecule has 0 aliphatic rings. The van der Waals surface area contributed by atoms with E-state index in [1.807, 2.05) is 0 Å². The summed E-state index contributed by atoms with van der Waals surface area (Å²) in [6, 6.07) is 1.55. The van der Waals surface area contributed by atoms with Crippen LogP contribution in [0.1, 0.15) is 24.4 Å². The Labute approximate surface area is 104 Å². The van der Waals surface area contributed by atoms with Crippen LogP contribution >= 0.6 is 11.6 Å². The van der Waals surface area contributed by atoms with E-state index in [0.29, 0.717) is 19.4 Å². The van der Waals surface area contributed by atoms with Crippen LogP contribution in [0, 0.1) is 11.6 Å². The molecule has 0 saturated heterocycles. The summed E-state index contributed by atoms with van der Waals surface area (Å²) in [6.45, 7) is 0.538. The summed E-state index contributed by atoms with van der Waals surface area (Å²) < 4.78 is 31.7. The summed E-state index contributed by atoms with van der Waals surface area (Å²) >= 11 is 5.47. The number of nitrogens with two attached hydrogens (primary N) is 1. The van der Waals surface area contributed by atoms with Crippen molar-refractivity contribution in [1.82, 2.24) is 5.43 Å². The summed E-state index contributed by atoms with van der Waals surface area (Å²) in [5.41, 5.74) is 2.63. The SMILES string of the molecule is COCCCC(NN)c1cc(F)c(Cl)cc1F. The highest BCUT2D eigenvalue weighted by Gasteiger charge is 2.17. The second-order valence-electron chi connectivity index (χ2n) is 3.64.